The highest BCUT2D eigenvalue weighted by molar-refractivity contribution is 5.76. The molecule has 0 atom stereocenters. The van der Waals surface area contributed by atoms with Crippen LogP contribution in [0.1, 0.15) is 52.4 Å². The van der Waals surface area contributed by atoms with Gasteiger partial charge in [-0.25, -0.2) is 0 Å². The Hall–Kier alpha value is -3.72. The lowest BCUT2D eigenvalue weighted by Gasteiger charge is -2.23. The van der Waals surface area contributed by atoms with Crippen LogP contribution in [0.25, 0.3) is 0 Å². The molecular formula is C26H28N4O2. The topological polar surface area (TPSA) is 89.8 Å². The van der Waals surface area contributed by atoms with Gasteiger partial charge in [0.25, 0.3) is 5.56 Å². The number of benzene rings is 1. The number of aryl methyl sites for hydroxylation is 2. The molecule has 6 heteroatoms. The van der Waals surface area contributed by atoms with Crippen LogP contribution in [0.5, 0.6) is 0 Å². The number of aromatic nitrogens is 2. The first-order valence-corrected chi connectivity index (χ1v) is 10.8. The fourth-order valence-electron chi connectivity index (χ4n) is 3.86. The Balaban J connectivity index is 1.80. The Bertz CT molecular complexity index is 1180. The van der Waals surface area contributed by atoms with E-state index in [1.54, 1.807) is 26.2 Å². The van der Waals surface area contributed by atoms with Crippen molar-refractivity contribution in [2.24, 2.45) is 0 Å². The van der Waals surface area contributed by atoms with E-state index in [9.17, 15) is 14.9 Å². The Labute approximate surface area is 188 Å². The molecule has 1 amide bonds. The summed E-state index contributed by atoms with van der Waals surface area (Å²) in [6, 6.07) is 14.1. The molecule has 0 saturated carbocycles. The van der Waals surface area contributed by atoms with Crippen molar-refractivity contribution in [1.29, 1.82) is 5.26 Å². The fraction of sp³-hybridized carbons (Fsp3) is 0.308. The lowest BCUT2D eigenvalue weighted by Crippen LogP contribution is -2.30. The van der Waals surface area contributed by atoms with Crippen LogP contribution in [0.4, 0.5) is 0 Å². The van der Waals surface area contributed by atoms with Gasteiger partial charge in [0.2, 0.25) is 5.91 Å². The second kappa shape index (κ2) is 10.5. The van der Waals surface area contributed by atoms with E-state index in [4.69, 9.17) is 0 Å². The molecule has 0 aliphatic heterocycles. The zero-order chi connectivity index (χ0) is 23.1. The summed E-state index contributed by atoms with van der Waals surface area (Å²) in [6.07, 6.45) is 5.21. The van der Waals surface area contributed by atoms with Gasteiger partial charge in [-0.05, 0) is 60.6 Å². The monoisotopic (exact) mass is 428 g/mol. The number of rotatable bonds is 8. The fourth-order valence-corrected chi connectivity index (χ4v) is 3.86. The third kappa shape index (κ3) is 5.50. The molecule has 0 aliphatic carbocycles. The van der Waals surface area contributed by atoms with Crippen LogP contribution in [-0.4, -0.2) is 20.8 Å². The molecular weight excluding hydrogens is 400 g/mol. The first-order valence-electron chi connectivity index (χ1n) is 10.8. The maximum atomic E-state index is 13.3. The van der Waals surface area contributed by atoms with Crippen LogP contribution in [0.2, 0.25) is 0 Å². The van der Waals surface area contributed by atoms with Gasteiger partial charge in [0.05, 0.1) is 0 Å². The van der Waals surface area contributed by atoms with Gasteiger partial charge in [0.1, 0.15) is 11.6 Å². The van der Waals surface area contributed by atoms with E-state index >= 15 is 0 Å². The number of carbonyl (C=O) groups excluding carboxylic acids is 1. The van der Waals surface area contributed by atoms with Crippen molar-refractivity contribution in [3.63, 3.8) is 0 Å². The van der Waals surface area contributed by atoms with Gasteiger partial charge < -0.3 is 9.88 Å². The lowest BCUT2D eigenvalue weighted by molar-refractivity contribution is -0.132. The highest BCUT2D eigenvalue weighted by atomic mass is 16.2. The highest BCUT2D eigenvalue weighted by Crippen LogP contribution is 2.18. The number of nitrogens with one attached hydrogen (secondary N) is 1. The van der Waals surface area contributed by atoms with Gasteiger partial charge in [-0.15, -0.1) is 0 Å². The van der Waals surface area contributed by atoms with E-state index in [2.05, 4.69) is 41.2 Å². The molecule has 0 unspecified atom stereocenters. The first-order chi connectivity index (χ1) is 15.4. The molecule has 0 radical (unpaired) electrons. The summed E-state index contributed by atoms with van der Waals surface area (Å²) in [6.45, 7) is 6.66. The molecule has 164 valence electrons. The number of amides is 1. The predicted molar refractivity (Wildman–Crippen MR) is 124 cm³/mol. The van der Waals surface area contributed by atoms with E-state index in [1.165, 1.54) is 5.56 Å². The van der Waals surface area contributed by atoms with E-state index < -0.39 is 0 Å². The summed E-state index contributed by atoms with van der Waals surface area (Å²) in [4.78, 5) is 34.0. The number of H-pyrrole nitrogens is 1. The SMILES string of the molecule is CCc1ccc(CN(Cc2cccnc2)C(=O)CCc2c(C)[nH]c(=O)c(C#N)c2C)cc1. The summed E-state index contributed by atoms with van der Waals surface area (Å²) in [5.41, 5.74) is 5.23. The van der Waals surface area contributed by atoms with Crippen LogP contribution in [0.15, 0.2) is 53.6 Å². The Morgan fingerprint density at radius 2 is 1.78 bits per heavy atom. The second-order valence-corrected chi connectivity index (χ2v) is 7.95. The Morgan fingerprint density at radius 1 is 1.09 bits per heavy atom. The minimum Gasteiger partial charge on any atom is -0.334 e. The minimum absolute atomic E-state index is 0.0110. The largest absolute Gasteiger partial charge is 0.334 e. The number of carbonyl (C=O) groups is 1. The van der Waals surface area contributed by atoms with Gasteiger partial charge >= 0.3 is 0 Å². The molecule has 0 saturated heterocycles. The van der Waals surface area contributed by atoms with Crippen molar-refractivity contribution < 1.29 is 4.79 Å². The van der Waals surface area contributed by atoms with Gasteiger partial charge in [-0.2, -0.15) is 5.26 Å². The van der Waals surface area contributed by atoms with Crippen molar-refractivity contribution in [3.05, 3.63) is 98.2 Å². The van der Waals surface area contributed by atoms with Crippen LogP contribution in [-0.2, 0) is 30.7 Å². The van der Waals surface area contributed by atoms with E-state index in [0.29, 0.717) is 30.8 Å². The van der Waals surface area contributed by atoms with Crippen molar-refractivity contribution in [2.45, 2.75) is 53.1 Å². The first kappa shape index (κ1) is 23.0. The third-order valence-electron chi connectivity index (χ3n) is 5.76. The minimum atomic E-state index is -0.383. The van der Waals surface area contributed by atoms with Crippen LogP contribution in [0.3, 0.4) is 0 Å². The van der Waals surface area contributed by atoms with Crippen LogP contribution >= 0.6 is 0 Å². The summed E-state index contributed by atoms with van der Waals surface area (Å²) in [5, 5.41) is 9.29. The van der Waals surface area contributed by atoms with Gasteiger partial charge in [0.15, 0.2) is 0 Å². The molecule has 1 aromatic carbocycles. The van der Waals surface area contributed by atoms with Gasteiger partial charge in [-0.1, -0.05) is 37.3 Å². The third-order valence-corrected chi connectivity index (χ3v) is 5.76. The summed E-state index contributed by atoms with van der Waals surface area (Å²) in [7, 11) is 0. The normalized spacial score (nSPS) is 10.6. The molecule has 2 heterocycles. The number of hydrogen-bond donors (Lipinski definition) is 1. The maximum Gasteiger partial charge on any atom is 0.266 e. The summed E-state index contributed by atoms with van der Waals surface area (Å²) < 4.78 is 0. The molecule has 2 aromatic heterocycles. The number of hydrogen-bond acceptors (Lipinski definition) is 4. The lowest BCUT2D eigenvalue weighted by atomic mass is 9.98. The van der Waals surface area contributed by atoms with Gasteiger partial charge in [0, 0.05) is 37.6 Å². The Kier molecular flexibility index (Phi) is 7.56. The molecule has 0 bridgehead atoms. The highest BCUT2D eigenvalue weighted by Gasteiger charge is 2.18. The van der Waals surface area contributed by atoms with E-state index in [-0.39, 0.29) is 23.5 Å². The molecule has 32 heavy (non-hydrogen) atoms. The average Bonchev–Trinajstić information content (AvgIpc) is 2.79. The smallest absolute Gasteiger partial charge is 0.266 e. The quantitative estimate of drug-likeness (QED) is 0.588. The van der Waals surface area contributed by atoms with Crippen LogP contribution < -0.4 is 5.56 Å². The zero-order valence-corrected chi connectivity index (χ0v) is 18.8. The molecule has 1 N–H and O–H groups in total. The standard InChI is InChI=1S/C26H28N4O2/c1-4-20-7-9-21(10-8-20)16-30(17-22-6-5-13-28-15-22)25(31)12-11-23-18(2)24(14-27)26(32)29-19(23)3/h5-10,13,15H,4,11-12,16-17H2,1-3H3,(H,29,32). The maximum absolute atomic E-state index is 13.3. The molecule has 0 spiro atoms. The molecule has 0 aliphatic rings. The Morgan fingerprint density at radius 3 is 2.41 bits per heavy atom. The summed E-state index contributed by atoms with van der Waals surface area (Å²) >= 11 is 0. The predicted octanol–water partition coefficient (Wildman–Crippen LogP) is 3.98. The van der Waals surface area contributed by atoms with Crippen molar-refractivity contribution in [1.82, 2.24) is 14.9 Å². The molecule has 3 rings (SSSR count). The second-order valence-electron chi connectivity index (χ2n) is 7.95. The van der Waals surface area contributed by atoms with E-state index in [1.807, 2.05) is 23.1 Å². The van der Waals surface area contributed by atoms with Crippen LogP contribution in [0, 0.1) is 25.2 Å². The number of nitriles is 1. The molecule has 3 aromatic rings. The number of aromatic amines is 1. The van der Waals surface area contributed by atoms with E-state index in [0.717, 1.165) is 23.1 Å². The number of pyridine rings is 2. The molecule has 0 fully saturated rings. The average molecular weight is 429 g/mol. The molecule has 6 nitrogen and oxygen atoms in total. The zero-order valence-electron chi connectivity index (χ0n) is 18.8. The van der Waals surface area contributed by atoms with Gasteiger partial charge in [-0.3, -0.25) is 14.6 Å². The van der Waals surface area contributed by atoms with Crippen molar-refractivity contribution >= 4 is 5.91 Å². The van der Waals surface area contributed by atoms with Crippen molar-refractivity contribution in [2.75, 3.05) is 0 Å². The number of nitrogens with zero attached hydrogens (tertiary/aromatic N) is 3. The van der Waals surface area contributed by atoms with Crippen molar-refractivity contribution in [3.8, 4) is 6.07 Å². The summed E-state index contributed by atoms with van der Waals surface area (Å²) in [5.74, 6) is 0.0110.